The van der Waals surface area contributed by atoms with Crippen LogP contribution in [0.15, 0.2) is 47.4 Å². The lowest BCUT2D eigenvalue weighted by atomic mass is 10.1. The SMILES string of the molecule is Cc1ccccc1CC(=O)N1CCN(c2ccc(S(N)(=O)=O)c(C(F)(F)F)c2)CC1. The third-order valence-corrected chi connectivity index (χ3v) is 6.14. The summed E-state index contributed by atoms with van der Waals surface area (Å²) in [6.45, 7) is 3.34. The molecular weight excluding hydrogens is 419 g/mol. The number of rotatable bonds is 4. The molecule has 0 atom stereocenters. The van der Waals surface area contributed by atoms with Gasteiger partial charge >= 0.3 is 6.18 Å². The monoisotopic (exact) mass is 441 g/mol. The van der Waals surface area contributed by atoms with E-state index in [1.54, 1.807) is 9.80 Å². The van der Waals surface area contributed by atoms with Gasteiger partial charge in [0.1, 0.15) is 0 Å². The Labute approximate surface area is 173 Å². The van der Waals surface area contributed by atoms with Gasteiger partial charge in [0.25, 0.3) is 0 Å². The molecule has 30 heavy (non-hydrogen) atoms. The van der Waals surface area contributed by atoms with Crippen molar-refractivity contribution in [2.24, 2.45) is 5.14 Å². The molecule has 10 heteroatoms. The van der Waals surface area contributed by atoms with Gasteiger partial charge in [0.2, 0.25) is 15.9 Å². The molecule has 0 spiro atoms. The van der Waals surface area contributed by atoms with Crippen LogP contribution >= 0.6 is 0 Å². The minimum Gasteiger partial charge on any atom is -0.368 e. The van der Waals surface area contributed by atoms with Crippen molar-refractivity contribution in [2.75, 3.05) is 31.1 Å². The topological polar surface area (TPSA) is 83.7 Å². The maximum absolute atomic E-state index is 13.3. The normalized spacial score (nSPS) is 15.4. The quantitative estimate of drug-likeness (QED) is 0.791. The van der Waals surface area contributed by atoms with E-state index >= 15 is 0 Å². The molecule has 6 nitrogen and oxygen atoms in total. The van der Waals surface area contributed by atoms with Crippen LogP contribution in [0.1, 0.15) is 16.7 Å². The third-order valence-electron chi connectivity index (χ3n) is 5.18. The first-order chi connectivity index (χ1) is 14.0. The average molecular weight is 441 g/mol. The summed E-state index contributed by atoms with van der Waals surface area (Å²) in [6.07, 6.45) is -4.59. The second-order valence-corrected chi connectivity index (χ2v) is 8.72. The van der Waals surface area contributed by atoms with Crippen LogP contribution in [0, 0.1) is 6.92 Å². The second-order valence-electron chi connectivity index (χ2n) is 7.19. The molecule has 1 amide bonds. The number of halogens is 3. The number of aryl methyl sites for hydroxylation is 1. The summed E-state index contributed by atoms with van der Waals surface area (Å²) in [5, 5.41) is 4.92. The van der Waals surface area contributed by atoms with Gasteiger partial charge in [0.05, 0.1) is 16.9 Å². The van der Waals surface area contributed by atoms with Crippen LogP contribution in [0.4, 0.5) is 18.9 Å². The van der Waals surface area contributed by atoms with E-state index in [1.807, 2.05) is 31.2 Å². The zero-order chi connectivity index (χ0) is 22.1. The number of benzene rings is 2. The second kappa shape index (κ2) is 8.27. The number of hydrogen-bond acceptors (Lipinski definition) is 4. The molecule has 1 aliphatic rings. The van der Waals surface area contributed by atoms with Gasteiger partial charge in [0.15, 0.2) is 0 Å². The largest absolute Gasteiger partial charge is 0.417 e. The molecule has 0 unspecified atom stereocenters. The summed E-state index contributed by atoms with van der Waals surface area (Å²) < 4.78 is 63.0. The molecule has 0 radical (unpaired) electrons. The fourth-order valence-corrected chi connectivity index (χ4v) is 4.22. The van der Waals surface area contributed by atoms with Gasteiger partial charge < -0.3 is 9.80 Å². The number of nitrogens with two attached hydrogens (primary N) is 1. The van der Waals surface area contributed by atoms with Gasteiger partial charge in [-0.05, 0) is 36.2 Å². The molecule has 1 aliphatic heterocycles. The van der Waals surface area contributed by atoms with Gasteiger partial charge in [-0.25, -0.2) is 13.6 Å². The van der Waals surface area contributed by atoms with Crippen molar-refractivity contribution >= 4 is 21.6 Å². The predicted octanol–water partition coefficient (Wildman–Crippen LogP) is 2.55. The van der Waals surface area contributed by atoms with Crippen LogP contribution in [0.25, 0.3) is 0 Å². The molecule has 1 heterocycles. The molecule has 162 valence electrons. The van der Waals surface area contributed by atoms with E-state index in [4.69, 9.17) is 5.14 Å². The lowest BCUT2D eigenvalue weighted by Gasteiger charge is -2.36. The van der Waals surface area contributed by atoms with Crippen molar-refractivity contribution in [2.45, 2.75) is 24.4 Å². The predicted molar refractivity (Wildman–Crippen MR) is 106 cm³/mol. The fourth-order valence-electron chi connectivity index (χ4n) is 3.48. The van der Waals surface area contributed by atoms with E-state index in [2.05, 4.69) is 0 Å². The first-order valence-corrected chi connectivity index (χ1v) is 10.8. The average Bonchev–Trinajstić information content (AvgIpc) is 2.68. The standard InChI is InChI=1S/C20H22F3N3O3S/c1-14-4-2-3-5-15(14)12-19(27)26-10-8-25(9-11-26)16-6-7-18(30(24,28)29)17(13-16)20(21,22)23/h2-7,13H,8-12H2,1H3,(H2,24,28,29). The lowest BCUT2D eigenvalue weighted by Crippen LogP contribution is -2.49. The Morgan fingerprint density at radius 3 is 2.27 bits per heavy atom. The Hall–Kier alpha value is -2.59. The Morgan fingerprint density at radius 2 is 1.70 bits per heavy atom. The molecule has 0 bridgehead atoms. The van der Waals surface area contributed by atoms with Crippen LogP contribution in [-0.4, -0.2) is 45.4 Å². The first-order valence-electron chi connectivity index (χ1n) is 9.28. The molecule has 2 N–H and O–H groups in total. The zero-order valence-electron chi connectivity index (χ0n) is 16.3. The molecule has 3 rings (SSSR count). The lowest BCUT2D eigenvalue weighted by molar-refractivity contribution is -0.139. The number of sulfonamides is 1. The highest BCUT2D eigenvalue weighted by Crippen LogP contribution is 2.36. The molecular formula is C20H22F3N3O3S. The molecule has 2 aromatic carbocycles. The van der Waals surface area contributed by atoms with Crippen LogP contribution in [0.3, 0.4) is 0 Å². The van der Waals surface area contributed by atoms with Crippen LogP contribution in [0.5, 0.6) is 0 Å². The summed E-state index contributed by atoms with van der Waals surface area (Å²) >= 11 is 0. The van der Waals surface area contributed by atoms with Crippen molar-refractivity contribution < 1.29 is 26.4 Å². The summed E-state index contributed by atoms with van der Waals surface area (Å²) in [5.74, 6) is -0.0375. The molecule has 0 saturated carbocycles. The summed E-state index contributed by atoms with van der Waals surface area (Å²) in [6, 6.07) is 10.6. The van der Waals surface area contributed by atoms with Crippen molar-refractivity contribution in [1.29, 1.82) is 0 Å². The van der Waals surface area contributed by atoms with Crippen molar-refractivity contribution in [1.82, 2.24) is 4.90 Å². The highest BCUT2D eigenvalue weighted by atomic mass is 32.2. The van der Waals surface area contributed by atoms with Gasteiger partial charge in [-0.1, -0.05) is 24.3 Å². The van der Waals surface area contributed by atoms with Crippen molar-refractivity contribution in [3.8, 4) is 0 Å². The van der Waals surface area contributed by atoms with E-state index in [-0.39, 0.29) is 18.0 Å². The number of piperazine rings is 1. The smallest absolute Gasteiger partial charge is 0.368 e. The van der Waals surface area contributed by atoms with E-state index in [0.717, 1.165) is 23.3 Å². The Kier molecular flexibility index (Phi) is 6.09. The van der Waals surface area contributed by atoms with Gasteiger partial charge in [-0.3, -0.25) is 4.79 Å². The number of hydrogen-bond donors (Lipinski definition) is 1. The Morgan fingerprint density at radius 1 is 1.07 bits per heavy atom. The highest BCUT2D eigenvalue weighted by Gasteiger charge is 2.37. The minimum atomic E-state index is -4.86. The number of amides is 1. The Bertz CT molecular complexity index is 1050. The number of carbonyl (C=O) groups is 1. The van der Waals surface area contributed by atoms with Gasteiger partial charge in [-0.2, -0.15) is 13.2 Å². The number of nitrogens with zero attached hydrogens (tertiary/aromatic N) is 2. The summed E-state index contributed by atoms with van der Waals surface area (Å²) in [5.41, 5.74) is 0.915. The molecule has 0 aromatic heterocycles. The van der Waals surface area contributed by atoms with E-state index < -0.39 is 26.7 Å². The number of primary sulfonamides is 1. The highest BCUT2D eigenvalue weighted by molar-refractivity contribution is 7.89. The molecule has 2 aromatic rings. The maximum Gasteiger partial charge on any atom is 0.417 e. The van der Waals surface area contributed by atoms with E-state index in [0.29, 0.717) is 26.2 Å². The summed E-state index contributed by atoms with van der Waals surface area (Å²) in [4.78, 5) is 15.0. The van der Waals surface area contributed by atoms with Gasteiger partial charge in [-0.15, -0.1) is 0 Å². The van der Waals surface area contributed by atoms with Crippen LogP contribution in [-0.2, 0) is 27.4 Å². The number of anilines is 1. The molecule has 1 fully saturated rings. The fraction of sp³-hybridized carbons (Fsp3) is 0.350. The number of carbonyl (C=O) groups excluding carboxylic acids is 1. The zero-order valence-corrected chi connectivity index (χ0v) is 17.1. The van der Waals surface area contributed by atoms with Crippen LogP contribution in [0.2, 0.25) is 0 Å². The van der Waals surface area contributed by atoms with Crippen molar-refractivity contribution in [3.05, 3.63) is 59.2 Å². The van der Waals surface area contributed by atoms with Crippen molar-refractivity contribution in [3.63, 3.8) is 0 Å². The van der Waals surface area contributed by atoms with E-state index in [1.165, 1.54) is 6.07 Å². The first kappa shape index (κ1) is 22.1. The maximum atomic E-state index is 13.3. The Balaban J connectivity index is 1.72. The van der Waals surface area contributed by atoms with Crippen LogP contribution < -0.4 is 10.0 Å². The third kappa shape index (κ3) is 4.93. The van der Waals surface area contributed by atoms with E-state index in [9.17, 15) is 26.4 Å². The van der Waals surface area contributed by atoms with Gasteiger partial charge in [0, 0.05) is 31.9 Å². The summed E-state index contributed by atoms with van der Waals surface area (Å²) in [7, 11) is -4.51. The molecule has 1 saturated heterocycles. The minimum absolute atomic E-state index is 0.0375. The molecule has 0 aliphatic carbocycles. The number of alkyl halides is 3.